The van der Waals surface area contributed by atoms with Gasteiger partial charge in [-0.2, -0.15) is 0 Å². The highest BCUT2D eigenvalue weighted by Crippen LogP contribution is 2.55. The Hall–Kier alpha value is -6.15. The van der Waals surface area contributed by atoms with Crippen LogP contribution in [0.3, 0.4) is 0 Å². The number of carbonyl (C=O) groups is 2. The predicted molar refractivity (Wildman–Crippen MR) is 303 cm³/mol. The highest BCUT2D eigenvalue weighted by atomic mass is 31.2. The lowest BCUT2D eigenvalue weighted by atomic mass is 9.81. The summed E-state index contributed by atoms with van der Waals surface area (Å²) < 4.78 is 40.1. The summed E-state index contributed by atoms with van der Waals surface area (Å²) in [5, 5.41) is 12.0. The minimum Gasteiger partial charge on any atom is -0.464 e. The summed E-state index contributed by atoms with van der Waals surface area (Å²) in [5.74, 6) is -0.436. The number of aliphatic hydroxyl groups excluding tert-OH is 1. The van der Waals surface area contributed by atoms with Crippen LogP contribution >= 0.6 is 8.60 Å². The highest BCUT2D eigenvalue weighted by Gasteiger charge is 2.43. The highest BCUT2D eigenvalue weighted by molar-refractivity contribution is 7.43. The second kappa shape index (κ2) is 19.1. The molecule has 0 radical (unpaired) electrons. The van der Waals surface area contributed by atoms with Crippen molar-refractivity contribution < 1.29 is 42.5 Å². The summed E-state index contributed by atoms with van der Waals surface area (Å²) in [4.78, 5) is 28.8. The van der Waals surface area contributed by atoms with Gasteiger partial charge in [0.1, 0.15) is 46.3 Å². The summed E-state index contributed by atoms with van der Waals surface area (Å²) in [6, 6.07) is 36.0. The number of fused-ring (bicyclic) bond motifs is 3. The third-order valence-electron chi connectivity index (χ3n) is 15.1. The topological polar surface area (TPSA) is 110 Å². The Kier molecular flexibility index (Phi) is 13.7. The van der Waals surface area contributed by atoms with Crippen LogP contribution in [-0.2, 0) is 42.1 Å². The standard InChI is InChI=1S/C66H77O9P/c1-61(2,3)37-19-25-49-43(31-37)55(58(67)70-49)46-34-40(64(10,11)12)22-28-52(46)73-76(74-53-29-23-41(65(13,14)15)35-47(53)56-44-32-38(62(4,5)6)20-26-50(44)71-59(56)68)75-54-30-24-42(66(16,17)18)36-48(54)57-45-33-39(63(7,8)9)21-27-51(45)72-60(57)69/h19-36,55-58,67H,1-18H3. The maximum atomic E-state index is 14.4. The normalized spacial score (nSPS) is 19.0. The molecular weight excluding hydrogens is 968 g/mol. The molecule has 3 heterocycles. The van der Waals surface area contributed by atoms with Crippen LogP contribution in [0.4, 0.5) is 0 Å². The molecule has 0 saturated heterocycles. The van der Waals surface area contributed by atoms with Gasteiger partial charge in [-0.25, -0.2) is 0 Å². The molecule has 400 valence electrons. The molecule has 0 bridgehead atoms. The van der Waals surface area contributed by atoms with Gasteiger partial charge in [0.15, 0.2) is 0 Å². The van der Waals surface area contributed by atoms with Crippen molar-refractivity contribution >= 4 is 20.5 Å². The molecule has 76 heavy (non-hydrogen) atoms. The van der Waals surface area contributed by atoms with Crippen molar-refractivity contribution in [3.05, 3.63) is 176 Å². The zero-order valence-corrected chi connectivity index (χ0v) is 48.8. The van der Waals surface area contributed by atoms with E-state index in [0.29, 0.717) is 51.2 Å². The van der Waals surface area contributed by atoms with Gasteiger partial charge < -0.3 is 32.9 Å². The van der Waals surface area contributed by atoms with Gasteiger partial charge in [-0.3, -0.25) is 9.59 Å². The first kappa shape index (κ1) is 54.6. The Morgan fingerprint density at radius 2 is 0.645 bits per heavy atom. The first-order chi connectivity index (χ1) is 35.2. The summed E-state index contributed by atoms with van der Waals surface area (Å²) in [5.41, 5.74) is 8.95. The fourth-order valence-corrected chi connectivity index (χ4v) is 11.3. The smallest absolute Gasteiger partial charge is 0.464 e. The molecule has 6 aromatic rings. The Morgan fingerprint density at radius 3 is 0.987 bits per heavy atom. The molecule has 0 aromatic heterocycles. The number of hydrogen-bond donors (Lipinski definition) is 1. The molecule has 3 aliphatic heterocycles. The van der Waals surface area contributed by atoms with Crippen molar-refractivity contribution in [3.8, 4) is 34.5 Å². The third-order valence-corrected chi connectivity index (χ3v) is 16.2. The maximum Gasteiger partial charge on any atom is 0.530 e. The fourth-order valence-electron chi connectivity index (χ4n) is 10.2. The van der Waals surface area contributed by atoms with Gasteiger partial charge in [0.2, 0.25) is 6.29 Å². The minimum absolute atomic E-state index is 0.183. The van der Waals surface area contributed by atoms with E-state index in [1.165, 1.54) is 0 Å². The first-order valence-electron chi connectivity index (χ1n) is 26.7. The minimum atomic E-state index is -2.54. The molecule has 0 aliphatic carbocycles. The van der Waals surface area contributed by atoms with Crippen LogP contribution < -0.4 is 27.8 Å². The fraction of sp³-hybridized carbons (Fsp3) is 0.424. The van der Waals surface area contributed by atoms with E-state index in [1.54, 1.807) is 0 Å². The van der Waals surface area contributed by atoms with Crippen molar-refractivity contribution in [2.75, 3.05) is 0 Å². The molecule has 10 heteroatoms. The van der Waals surface area contributed by atoms with Crippen LogP contribution in [0, 0.1) is 0 Å². The van der Waals surface area contributed by atoms with Crippen molar-refractivity contribution in [3.63, 3.8) is 0 Å². The van der Waals surface area contributed by atoms with Crippen LogP contribution in [0.2, 0.25) is 0 Å². The number of ether oxygens (including phenoxy) is 3. The Balaban J connectivity index is 1.25. The van der Waals surface area contributed by atoms with Crippen molar-refractivity contribution in [2.45, 2.75) is 181 Å². The lowest BCUT2D eigenvalue weighted by Gasteiger charge is -2.28. The maximum absolute atomic E-state index is 14.4. The molecule has 9 nitrogen and oxygen atoms in total. The van der Waals surface area contributed by atoms with Crippen LogP contribution in [-0.4, -0.2) is 23.3 Å². The summed E-state index contributed by atoms with van der Waals surface area (Å²) in [7, 11) is -2.54. The van der Waals surface area contributed by atoms with Gasteiger partial charge in [-0.1, -0.05) is 197 Å². The molecule has 0 saturated carbocycles. The number of rotatable bonds is 9. The summed E-state index contributed by atoms with van der Waals surface area (Å²) in [6.07, 6.45) is -1.23. The van der Waals surface area contributed by atoms with E-state index >= 15 is 0 Å². The average Bonchev–Trinajstić information content (AvgIpc) is 3.94. The van der Waals surface area contributed by atoms with E-state index in [2.05, 4.69) is 149 Å². The molecule has 3 aliphatic rings. The summed E-state index contributed by atoms with van der Waals surface area (Å²) >= 11 is 0. The van der Waals surface area contributed by atoms with Crippen molar-refractivity contribution in [2.24, 2.45) is 0 Å². The van der Waals surface area contributed by atoms with E-state index in [-0.39, 0.29) is 32.5 Å². The van der Waals surface area contributed by atoms with Gasteiger partial charge in [-0.05, 0) is 102 Å². The van der Waals surface area contributed by atoms with E-state index in [0.717, 1.165) is 50.1 Å². The molecule has 0 fully saturated rings. The van der Waals surface area contributed by atoms with Gasteiger partial charge in [0.25, 0.3) is 0 Å². The number of carbonyl (C=O) groups excluding carboxylic acids is 2. The van der Waals surface area contributed by atoms with Gasteiger partial charge in [0.05, 0.1) is 5.92 Å². The Labute approximate surface area is 452 Å². The van der Waals surface area contributed by atoms with E-state index in [9.17, 15) is 14.7 Å². The van der Waals surface area contributed by atoms with Crippen LogP contribution in [0.15, 0.2) is 109 Å². The first-order valence-corrected chi connectivity index (χ1v) is 27.7. The third kappa shape index (κ3) is 10.8. The Morgan fingerprint density at radius 1 is 0.368 bits per heavy atom. The van der Waals surface area contributed by atoms with E-state index < -0.39 is 44.6 Å². The lowest BCUT2D eigenvalue weighted by molar-refractivity contribution is -0.134. The number of hydrogen-bond acceptors (Lipinski definition) is 9. The SMILES string of the molecule is CC(C)(C)c1ccc2c(c1)C(c1cc(C(C)(C)C)ccc1OP(Oc1ccc(C(C)(C)C)cc1C1C(=O)Oc3ccc(C(C)(C)C)cc31)Oc1ccc(C(C)(C)C)cc1C1c3cc(C(C)(C)C)ccc3OC1O)C(=O)O2. The van der Waals surface area contributed by atoms with Gasteiger partial charge in [-0.15, -0.1) is 0 Å². The monoisotopic (exact) mass is 1040 g/mol. The molecule has 0 amide bonds. The quantitative estimate of drug-likeness (QED) is 0.0860. The summed E-state index contributed by atoms with van der Waals surface area (Å²) in [6.45, 7) is 38.6. The number of esters is 2. The predicted octanol–water partition coefficient (Wildman–Crippen LogP) is 16.2. The van der Waals surface area contributed by atoms with Crippen molar-refractivity contribution in [1.29, 1.82) is 0 Å². The average molecular weight is 1050 g/mol. The van der Waals surface area contributed by atoms with Crippen LogP contribution in [0.1, 0.15) is 209 Å². The van der Waals surface area contributed by atoms with Crippen LogP contribution in [0.5, 0.6) is 34.5 Å². The molecule has 1 N–H and O–H groups in total. The second-order valence-corrected chi connectivity index (χ2v) is 28.2. The van der Waals surface area contributed by atoms with Crippen molar-refractivity contribution in [1.82, 2.24) is 0 Å². The molecule has 9 rings (SSSR count). The largest absolute Gasteiger partial charge is 0.530 e. The van der Waals surface area contributed by atoms with E-state index in [4.69, 9.17) is 27.8 Å². The zero-order valence-electron chi connectivity index (χ0n) is 47.9. The second-order valence-electron chi connectivity index (χ2n) is 27.2. The van der Waals surface area contributed by atoms with Crippen LogP contribution in [0.25, 0.3) is 0 Å². The number of aliphatic hydroxyl groups is 1. The zero-order chi connectivity index (χ0) is 55.4. The van der Waals surface area contributed by atoms with Gasteiger partial charge in [0, 0.05) is 33.4 Å². The lowest BCUT2D eigenvalue weighted by Crippen LogP contribution is -2.21. The molecule has 6 aromatic carbocycles. The number of benzene rings is 6. The Bertz CT molecular complexity index is 3110. The van der Waals surface area contributed by atoms with E-state index in [1.807, 2.05) is 84.9 Å². The molecule has 4 atom stereocenters. The van der Waals surface area contributed by atoms with Gasteiger partial charge >= 0.3 is 20.5 Å². The molecular formula is C66H77O9P. The molecule has 0 spiro atoms. The molecule has 4 unspecified atom stereocenters.